The van der Waals surface area contributed by atoms with Gasteiger partial charge in [-0.1, -0.05) is 0 Å². The van der Waals surface area contributed by atoms with E-state index in [2.05, 4.69) is 39.5 Å². The van der Waals surface area contributed by atoms with Gasteiger partial charge in [-0.3, -0.25) is 9.69 Å². The number of likely N-dealkylation sites (tertiary alicyclic amines) is 1. The number of anilines is 1. The summed E-state index contributed by atoms with van der Waals surface area (Å²) in [5.74, 6) is 2.96. The second-order valence-electron chi connectivity index (χ2n) is 8.16. The van der Waals surface area contributed by atoms with E-state index in [1.165, 1.54) is 9.75 Å². The van der Waals surface area contributed by atoms with Crippen LogP contribution >= 0.6 is 11.3 Å². The minimum Gasteiger partial charge on any atom is -0.497 e. The van der Waals surface area contributed by atoms with Crippen molar-refractivity contribution >= 4 is 22.9 Å². The molecule has 2 unspecified atom stereocenters. The summed E-state index contributed by atoms with van der Waals surface area (Å²) in [6.45, 7) is 6.11. The van der Waals surface area contributed by atoms with Crippen LogP contribution in [0.4, 0.5) is 5.69 Å². The number of aromatic nitrogens is 3. The maximum absolute atomic E-state index is 12.8. The van der Waals surface area contributed by atoms with Gasteiger partial charge in [-0.2, -0.15) is 0 Å². The molecule has 0 radical (unpaired) electrons. The van der Waals surface area contributed by atoms with Crippen LogP contribution in [-0.2, 0) is 19.5 Å². The van der Waals surface area contributed by atoms with E-state index in [1.807, 2.05) is 40.2 Å². The fraction of sp³-hybridized carbons (Fsp3) is 0.409. The summed E-state index contributed by atoms with van der Waals surface area (Å²) in [6, 6.07) is 11.7. The van der Waals surface area contributed by atoms with Crippen molar-refractivity contribution in [2.75, 3.05) is 25.5 Å². The lowest BCUT2D eigenvalue weighted by atomic mass is 9.89. The van der Waals surface area contributed by atoms with Crippen molar-refractivity contribution in [3.8, 4) is 5.75 Å². The van der Waals surface area contributed by atoms with Crippen LogP contribution in [0, 0.1) is 18.8 Å². The molecule has 0 bridgehead atoms. The van der Waals surface area contributed by atoms with Gasteiger partial charge in [0.1, 0.15) is 11.6 Å². The number of carbonyl (C=O) groups is 1. The van der Waals surface area contributed by atoms with Crippen LogP contribution in [0.15, 0.2) is 36.4 Å². The summed E-state index contributed by atoms with van der Waals surface area (Å²) in [5, 5.41) is 11.5. The minimum atomic E-state index is -0.221. The predicted octanol–water partition coefficient (Wildman–Crippen LogP) is 3.21. The summed E-state index contributed by atoms with van der Waals surface area (Å²) >= 11 is 1.88. The van der Waals surface area contributed by atoms with Crippen LogP contribution in [0.25, 0.3) is 0 Å². The van der Waals surface area contributed by atoms with E-state index in [9.17, 15) is 4.79 Å². The highest BCUT2D eigenvalue weighted by molar-refractivity contribution is 7.11. The molecule has 30 heavy (non-hydrogen) atoms. The fourth-order valence-corrected chi connectivity index (χ4v) is 5.50. The Bertz CT molecular complexity index is 1060. The van der Waals surface area contributed by atoms with Crippen LogP contribution in [0.2, 0.25) is 0 Å². The molecule has 0 saturated carbocycles. The molecule has 2 aliphatic rings. The average Bonchev–Trinajstić information content (AvgIpc) is 3.44. The topological polar surface area (TPSA) is 72.3 Å². The number of aryl methyl sites for hydroxylation is 1. The Kier molecular flexibility index (Phi) is 5.04. The standard InChI is InChI=1S/C22H25N5O2S/c1-14-3-8-19(30-14)13-26-10-15-9-20-24-25-21(27(20)12-16(15)11-26)22(28)23-17-4-6-18(29-2)7-5-17/h3-8,15-16H,9-13H2,1-2H3,(H,23,28). The van der Waals surface area contributed by atoms with Gasteiger partial charge in [-0.25, -0.2) is 0 Å². The lowest BCUT2D eigenvalue weighted by molar-refractivity contribution is 0.100. The molecule has 156 valence electrons. The number of methoxy groups -OCH3 is 1. The molecule has 1 amide bonds. The number of thiophene rings is 1. The molecule has 8 heteroatoms. The number of carbonyl (C=O) groups excluding carboxylic acids is 1. The molecule has 2 atom stereocenters. The van der Waals surface area contributed by atoms with Gasteiger partial charge in [0, 0.05) is 48.0 Å². The number of benzene rings is 1. The molecule has 7 nitrogen and oxygen atoms in total. The normalized spacial score (nSPS) is 20.6. The summed E-state index contributed by atoms with van der Waals surface area (Å²) in [4.78, 5) is 18.1. The lowest BCUT2D eigenvalue weighted by Gasteiger charge is -2.25. The number of rotatable bonds is 5. The number of amides is 1. The van der Waals surface area contributed by atoms with Crippen molar-refractivity contribution < 1.29 is 9.53 Å². The summed E-state index contributed by atoms with van der Waals surface area (Å²) in [6.07, 6.45) is 0.882. The van der Waals surface area contributed by atoms with Gasteiger partial charge in [-0.05, 0) is 55.2 Å². The van der Waals surface area contributed by atoms with Gasteiger partial charge in [0.15, 0.2) is 0 Å². The van der Waals surface area contributed by atoms with E-state index in [4.69, 9.17) is 4.74 Å². The van der Waals surface area contributed by atoms with Crippen LogP contribution in [0.3, 0.4) is 0 Å². The third-order valence-electron chi connectivity index (χ3n) is 6.07. The predicted molar refractivity (Wildman–Crippen MR) is 116 cm³/mol. The molecule has 4 heterocycles. The highest BCUT2D eigenvalue weighted by Gasteiger charge is 2.39. The Morgan fingerprint density at radius 1 is 1.13 bits per heavy atom. The van der Waals surface area contributed by atoms with Crippen molar-refractivity contribution in [3.05, 3.63) is 57.8 Å². The number of hydrogen-bond acceptors (Lipinski definition) is 6. The van der Waals surface area contributed by atoms with Crippen molar-refractivity contribution in [1.82, 2.24) is 19.7 Å². The number of ether oxygens (including phenoxy) is 1. The first-order valence-corrected chi connectivity index (χ1v) is 11.1. The maximum atomic E-state index is 12.8. The SMILES string of the molecule is COc1ccc(NC(=O)c2nnc3n2CC2CN(Cc4ccc(C)s4)CC2C3)cc1. The smallest absolute Gasteiger partial charge is 0.293 e. The fourth-order valence-electron chi connectivity index (χ4n) is 4.57. The third-order valence-corrected chi connectivity index (χ3v) is 7.05. The monoisotopic (exact) mass is 423 g/mol. The lowest BCUT2D eigenvalue weighted by Crippen LogP contribution is -2.31. The van der Waals surface area contributed by atoms with Gasteiger partial charge < -0.3 is 14.6 Å². The van der Waals surface area contributed by atoms with Gasteiger partial charge in [0.2, 0.25) is 5.82 Å². The zero-order valence-electron chi connectivity index (χ0n) is 17.2. The summed E-state index contributed by atoms with van der Waals surface area (Å²) in [7, 11) is 1.62. The van der Waals surface area contributed by atoms with Crippen LogP contribution in [-0.4, -0.2) is 45.8 Å². The molecule has 0 aliphatic carbocycles. The van der Waals surface area contributed by atoms with Crippen LogP contribution < -0.4 is 10.1 Å². The van der Waals surface area contributed by atoms with E-state index in [0.29, 0.717) is 23.3 Å². The Balaban J connectivity index is 1.26. The Hall–Kier alpha value is -2.71. The first-order chi connectivity index (χ1) is 14.6. The van der Waals surface area contributed by atoms with Gasteiger partial charge >= 0.3 is 0 Å². The molecule has 2 aromatic heterocycles. The van der Waals surface area contributed by atoms with Crippen molar-refractivity contribution in [2.45, 2.75) is 26.4 Å². The minimum absolute atomic E-state index is 0.221. The average molecular weight is 424 g/mol. The van der Waals surface area contributed by atoms with E-state index >= 15 is 0 Å². The van der Waals surface area contributed by atoms with Crippen LogP contribution in [0.5, 0.6) is 5.75 Å². The van der Waals surface area contributed by atoms with Gasteiger partial charge in [0.25, 0.3) is 5.91 Å². The van der Waals surface area contributed by atoms with Gasteiger partial charge in [0.05, 0.1) is 7.11 Å². The highest BCUT2D eigenvalue weighted by atomic mass is 32.1. The molecule has 1 N–H and O–H groups in total. The second-order valence-corrected chi connectivity index (χ2v) is 9.54. The van der Waals surface area contributed by atoms with E-state index in [0.717, 1.165) is 44.2 Å². The van der Waals surface area contributed by atoms with Crippen molar-refractivity contribution in [1.29, 1.82) is 0 Å². The summed E-state index contributed by atoms with van der Waals surface area (Å²) < 4.78 is 7.18. The summed E-state index contributed by atoms with van der Waals surface area (Å²) in [5.41, 5.74) is 0.713. The van der Waals surface area contributed by atoms with E-state index in [-0.39, 0.29) is 5.91 Å². The molecular weight excluding hydrogens is 398 g/mol. The highest BCUT2D eigenvalue weighted by Crippen LogP contribution is 2.34. The molecule has 1 fully saturated rings. The number of fused-ring (bicyclic) bond motifs is 2. The zero-order chi connectivity index (χ0) is 20.7. The second kappa shape index (κ2) is 7.85. The number of nitrogens with zero attached hydrogens (tertiary/aromatic N) is 4. The third kappa shape index (κ3) is 3.73. The zero-order valence-corrected chi connectivity index (χ0v) is 18.0. The largest absolute Gasteiger partial charge is 0.497 e. The molecular formula is C22H25N5O2S. The molecule has 1 aromatic carbocycles. The molecule has 3 aromatic rings. The van der Waals surface area contributed by atoms with Crippen LogP contribution in [0.1, 0.15) is 26.2 Å². The Labute approximate surface area is 179 Å². The Morgan fingerprint density at radius 3 is 2.67 bits per heavy atom. The maximum Gasteiger partial charge on any atom is 0.293 e. The number of hydrogen-bond donors (Lipinski definition) is 1. The molecule has 2 aliphatic heterocycles. The first-order valence-electron chi connectivity index (χ1n) is 10.2. The number of nitrogens with one attached hydrogen (secondary N) is 1. The van der Waals surface area contributed by atoms with Crippen molar-refractivity contribution in [3.63, 3.8) is 0 Å². The molecule has 5 rings (SSSR count). The molecule has 1 saturated heterocycles. The quantitative estimate of drug-likeness (QED) is 0.682. The Morgan fingerprint density at radius 2 is 1.93 bits per heavy atom. The van der Waals surface area contributed by atoms with Crippen molar-refractivity contribution in [2.24, 2.45) is 11.8 Å². The van der Waals surface area contributed by atoms with E-state index in [1.54, 1.807) is 7.11 Å². The van der Waals surface area contributed by atoms with Gasteiger partial charge in [-0.15, -0.1) is 21.5 Å². The molecule has 0 spiro atoms. The first kappa shape index (κ1) is 19.3. The van der Waals surface area contributed by atoms with E-state index < -0.39 is 0 Å².